The van der Waals surface area contributed by atoms with Crippen LogP contribution in [0.4, 0.5) is 0 Å². The number of rotatable bonds is 9. The fourth-order valence-corrected chi connectivity index (χ4v) is 1.83. The molecular formula is C16H27N3O2. The second kappa shape index (κ2) is 11.1. The third-order valence-corrected chi connectivity index (χ3v) is 3.12. The van der Waals surface area contributed by atoms with E-state index in [9.17, 15) is 0 Å². The minimum atomic E-state index is 0.646. The van der Waals surface area contributed by atoms with Crippen LogP contribution < -0.4 is 10.6 Å². The van der Waals surface area contributed by atoms with Crippen LogP contribution in [-0.4, -0.2) is 46.5 Å². The number of ether oxygens (including phenoxy) is 2. The minimum absolute atomic E-state index is 0.646. The average molecular weight is 293 g/mol. The van der Waals surface area contributed by atoms with Crippen LogP contribution in [0.1, 0.15) is 17.5 Å². The summed E-state index contributed by atoms with van der Waals surface area (Å²) in [6.07, 6.45) is 0.939. The molecule has 0 heterocycles. The van der Waals surface area contributed by atoms with Gasteiger partial charge in [-0.15, -0.1) is 0 Å². The Kier molecular flexibility index (Phi) is 9.24. The number of aliphatic imine (C=N–C) groups is 1. The number of hydrogen-bond acceptors (Lipinski definition) is 3. The van der Waals surface area contributed by atoms with E-state index in [4.69, 9.17) is 9.47 Å². The van der Waals surface area contributed by atoms with Crippen molar-refractivity contribution in [3.63, 3.8) is 0 Å². The van der Waals surface area contributed by atoms with E-state index in [2.05, 4.69) is 46.8 Å². The summed E-state index contributed by atoms with van der Waals surface area (Å²) in [5, 5.41) is 6.59. The highest BCUT2D eigenvalue weighted by molar-refractivity contribution is 5.79. The van der Waals surface area contributed by atoms with Crippen LogP contribution in [-0.2, 0) is 16.0 Å². The van der Waals surface area contributed by atoms with Gasteiger partial charge in [-0.3, -0.25) is 4.99 Å². The van der Waals surface area contributed by atoms with Gasteiger partial charge in [0.2, 0.25) is 0 Å². The van der Waals surface area contributed by atoms with Gasteiger partial charge in [-0.25, -0.2) is 0 Å². The van der Waals surface area contributed by atoms with Crippen molar-refractivity contribution in [2.75, 3.05) is 40.5 Å². The third kappa shape index (κ3) is 7.68. The van der Waals surface area contributed by atoms with Crippen LogP contribution in [0.3, 0.4) is 0 Å². The minimum Gasteiger partial charge on any atom is -0.382 e. The Morgan fingerprint density at radius 3 is 2.67 bits per heavy atom. The van der Waals surface area contributed by atoms with Crippen LogP contribution in [0.15, 0.2) is 29.3 Å². The zero-order chi connectivity index (χ0) is 15.3. The molecule has 0 atom stereocenters. The van der Waals surface area contributed by atoms with Crippen LogP contribution in [0.2, 0.25) is 0 Å². The molecule has 0 radical (unpaired) electrons. The summed E-state index contributed by atoms with van der Waals surface area (Å²) in [5.74, 6) is 0.815. The quantitative estimate of drug-likeness (QED) is 0.413. The van der Waals surface area contributed by atoms with Gasteiger partial charge in [-0.05, 0) is 24.5 Å². The molecule has 0 unspecified atom stereocenters. The van der Waals surface area contributed by atoms with Crippen LogP contribution >= 0.6 is 0 Å². The number of hydrogen-bond donors (Lipinski definition) is 2. The van der Waals surface area contributed by atoms with E-state index in [1.807, 2.05) is 0 Å². The molecule has 0 aliphatic carbocycles. The van der Waals surface area contributed by atoms with Crippen molar-refractivity contribution in [2.24, 2.45) is 4.99 Å². The molecule has 5 heteroatoms. The van der Waals surface area contributed by atoms with Crippen molar-refractivity contribution >= 4 is 5.96 Å². The molecule has 21 heavy (non-hydrogen) atoms. The summed E-state index contributed by atoms with van der Waals surface area (Å²) in [4.78, 5) is 4.21. The Morgan fingerprint density at radius 2 is 1.95 bits per heavy atom. The van der Waals surface area contributed by atoms with E-state index >= 15 is 0 Å². The molecular weight excluding hydrogens is 266 g/mol. The molecule has 0 aromatic heterocycles. The van der Waals surface area contributed by atoms with Crippen molar-refractivity contribution in [1.82, 2.24) is 10.6 Å². The monoisotopic (exact) mass is 293 g/mol. The smallest absolute Gasteiger partial charge is 0.191 e. The lowest BCUT2D eigenvalue weighted by Crippen LogP contribution is -2.37. The lowest BCUT2D eigenvalue weighted by atomic mass is 10.1. The average Bonchev–Trinajstić information content (AvgIpc) is 2.51. The Bertz CT molecular complexity index is 422. The van der Waals surface area contributed by atoms with Gasteiger partial charge >= 0.3 is 0 Å². The highest BCUT2D eigenvalue weighted by Gasteiger charge is 2.00. The Hall–Kier alpha value is -1.59. The number of guanidine groups is 1. The largest absolute Gasteiger partial charge is 0.382 e. The molecule has 0 spiro atoms. The predicted molar refractivity (Wildman–Crippen MR) is 86.7 cm³/mol. The van der Waals surface area contributed by atoms with Crippen molar-refractivity contribution in [2.45, 2.75) is 19.9 Å². The maximum absolute atomic E-state index is 5.41. The number of nitrogens with zero attached hydrogens (tertiary/aromatic N) is 1. The van der Waals surface area contributed by atoms with Crippen LogP contribution in [0, 0.1) is 6.92 Å². The Balaban J connectivity index is 2.16. The first-order valence-electron chi connectivity index (χ1n) is 7.33. The lowest BCUT2D eigenvalue weighted by Gasteiger charge is -2.13. The highest BCUT2D eigenvalue weighted by atomic mass is 16.5. The van der Waals surface area contributed by atoms with E-state index in [-0.39, 0.29) is 0 Å². The van der Waals surface area contributed by atoms with E-state index in [0.29, 0.717) is 13.2 Å². The van der Waals surface area contributed by atoms with Gasteiger partial charge in [0.1, 0.15) is 0 Å². The normalized spacial score (nSPS) is 11.5. The summed E-state index contributed by atoms with van der Waals surface area (Å²) in [6, 6.07) is 8.34. The molecule has 0 saturated heterocycles. The maximum Gasteiger partial charge on any atom is 0.191 e. The van der Waals surface area contributed by atoms with Gasteiger partial charge in [0.15, 0.2) is 5.96 Å². The fourth-order valence-electron chi connectivity index (χ4n) is 1.83. The van der Waals surface area contributed by atoms with Gasteiger partial charge < -0.3 is 20.1 Å². The van der Waals surface area contributed by atoms with E-state index in [1.165, 1.54) is 11.1 Å². The summed E-state index contributed by atoms with van der Waals surface area (Å²) < 4.78 is 10.3. The second-order valence-electron chi connectivity index (χ2n) is 4.74. The van der Waals surface area contributed by atoms with Crippen LogP contribution in [0.25, 0.3) is 0 Å². The first-order chi connectivity index (χ1) is 10.3. The topological polar surface area (TPSA) is 54.9 Å². The maximum atomic E-state index is 5.41. The summed E-state index contributed by atoms with van der Waals surface area (Å²) in [5.41, 5.74) is 2.57. The summed E-state index contributed by atoms with van der Waals surface area (Å²) in [7, 11) is 3.46. The first-order valence-corrected chi connectivity index (χ1v) is 7.33. The molecule has 0 amide bonds. The zero-order valence-corrected chi connectivity index (χ0v) is 13.3. The molecule has 0 aliphatic heterocycles. The zero-order valence-electron chi connectivity index (χ0n) is 13.3. The molecule has 0 saturated carbocycles. The number of aryl methyl sites for hydroxylation is 1. The lowest BCUT2D eigenvalue weighted by molar-refractivity contribution is 0.0698. The molecule has 1 aromatic carbocycles. The molecule has 0 fully saturated rings. The van der Waals surface area contributed by atoms with Gasteiger partial charge in [-0.1, -0.05) is 24.3 Å². The van der Waals surface area contributed by atoms with Gasteiger partial charge in [0.05, 0.1) is 13.2 Å². The Morgan fingerprint density at radius 1 is 1.14 bits per heavy atom. The molecule has 0 aliphatic rings. The van der Waals surface area contributed by atoms with Gasteiger partial charge in [0, 0.05) is 33.9 Å². The summed E-state index contributed by atoms with van der Waals surface area (Å²) >= 11 is 0. The van der Waals surface area contributed by atoms with Crippen molar-refractivity contribution < 1.29 is 9.47 Å². The number of benzene rings is 1. The van der Waals surface area contributed by atoms with E-state index in [0.717, 1.165) is 32.1 Å². The van der Waals surface area contributed by atoms with Crippen molar-refractivity contribution in [3.05, 3.63) is 35.4 Å². The molecule has 5 nitrogen and oxygen atoms in total. The molecule has 0 bridgehead atoms. The van der Waals surface area contributed by atoms with E-state index in [1.54, 1.807) is 14.2 Å². The summed E-state index contributed by atoms with van der Waals surface area (Å²) in [6.45, 7) is 5.75. The Labute approximate surface area is 127 Å². The highest BCUT2D eigenvalue weighted by Crippen LogP contribution is 2.05. The second-order valence-corrected chi connectivity index (χ2v) is 4.74. The van der Waals surface area contributed by atoms with Crippen molar-refractivity contribution in [1.29, 1.82) is 0 Å². The predicted octanol–water partition coefficient (Wildman–Crippen LogP) is 1.71. The van der Waals surface area contributed by atoms with Gasteiger partial charge in [0.25, 0.3) is 0 Å². The standard InChI is InChI=1S/C16H27N3O2/c1-14-7-4-5-8-15(14)13-19-16(17-2)18-9-6-10-21-12-11-20-3/h4-5,7-8H,6,9-13H2,1-3H3,(H2,17,18,19). The number of nitrogens with one attached hydrogen (secondary N) is 2. The fraction of sp³-hybridized carbons (Fsp3) is 0.562. The molecule has 118 valence electrons. The molecule has 1 rings (SSSR count). The molecule has 1 aromatic rings. The van der Waals surface area contributed by atoms with Crippen LogP contribution in [0.5, 0.6) is 0 Å². The first kappa shape index (κ1) is 17.5. The SMILES string of the molecule is CN=C(NCCCOCCOC)NCc1ccccc1C. The van der Waals surface area contributed by atoms with Gasteiger partial charge in [-0.2, -0.15) is 0 Å². The molecule has 2 N–H and O–H groups in total. The van der Waals surface area contributed by atoms with E-state index < -0.39 is 0 Å². The van der Waals surface area contributed by atoms with Crippen molar-refractivity contribution in [3.8, 4) is 0 Å². The number of methoxy groups -OCH3 is 1. The third-order valence-electron chi connectivity index (χ3n) is 3.12.